The van der Waals surface area contributed by atoms with E-state index in [2.05, 4.69) is 39.0 Å². The summed E-state index contributed by atoms with van der Waals surface area (Å²) in [7, 11) is 0. The molecule has 1 aromatic carbocycles. The summed E-state index contributed by atoms with van der Waals surface area (Å²) in [6, 6.07) is 6.58. The Morgan fingerprint density at radius 1 is 1.33 bits per heavy atom. The lowest BCUT2D eigenvalue weighted by Gasteiger charge is -2.29. The van der Waals surface area contributed by atoms with Gasteiger partial charge in [-0.2, -0.15) is 0 Å². The maximum absolute atomic E-state index is 11.6. The van der Waals surface area contributed by atoms with Crippen LogP contribution in [-0.4, -0.2) is 12.5 Å². The van der Waals surface area contributed by atoms with Crippen LogP contribution in [0.5, 0.6) is 0 Å². The summed E-state index contributed by atoms with van der Waals surface area (Å²) in [5, 5.41) is 0. The van der Waals surface area contributed by atoms with Crippen LogP contribution in [0.25, 0.3) is 0 Å². The number of benzene rings is 1. The van der Waals surface area contributed by atoms with E-state index in [0.717, 1.165) is 31.5 Å². The van der Waals surface area contributed by atoms with Gasteiger partial charge in [-0.25, -0.2) is 0 Å². The molecule has 0 atom stereocenters. The van der Waals surface area contributed by atoms with Gasteiger partial charge < -0.3 is 4.90 Å². The molecule has 0 spiro atoms. The smallest absolute Gasteiger partial charge is 0.223 e. The van der Waals surface area contributed by atoms with Gasteiger partial charge >= 0.3 is 0 Å². The van der Waals surface area contributed by atoms with Gasteiger partial charge in [0, 0.05) is 19.2 Å². The van der Waals surface area contributed by atoms with E-state index >= 15 is 0 Å². The molecule has 0 unspecified atom stereocenters. The Balaban J connectivity index is 2.30. The van der Waals surface area contributed by atoms with E-state index in [0.29, 0.717) is 5.41 Å². The summed E-state index contributed by atoms with van der Waals surface area (Å²) < 4.78 is 0. The lowest BCUT2D eigenvalue weighted by atomic mass is 9.86. The highest BCUT2D eigenvalue weighted by atomic mass is 16.2. The second-order valence-corrected chi connectivity index (χ2v) is 6.47. The second kappa shape index (κ2) is 4.75. The molecule has 1 amide bonds. The summed E-state index contributed by atoms with van der Waals surface area (Å²) in [6.07, 6.45) is 3.25. The van der Waals surface area contributed by atoms with Crippen molar-refractivity contribution in [2.75, 3.05) is 11.4 Å². The lowest BCUT2D eigenvalue weighted by Crippen LogP contribution is -2.33. The Hall–Kier alpha value is -1.31. The van der Waals surface area contributed by atoms with E-state index in [1.54, 1.807) is 6.92 Å². The minimum Gasteiger partial charge on any atom is -0.312 e. The van der Waals surface area contributed by atoms with Crippen molar-refractivity contribution in [3.63, 3.8) is 0 Å². The summed E-state index contributed by atoms with van der Waals surface area (Å²) in [6.45, 7) is 9.29. The Morgan fingerprint density at radius 3 is 2.67 bits per heavy atom. The molecule has 0 aromatic heterocycles. The van der Waals surface area contributed by atoms with Gasteiger partial charge in [0.1, 0.15) is 0 Å². The predicted molar refractivity (Wildman–Crippen MR) is 75.9 cm³/mol. The number of anilines is 1. The number of hydrogen-bond donors (Lipinski definition) is 0. The Labute approximate surface area is 110 Å². The first-order chi connectivity index (χ1) is 8.37. The average Bonchev–Trinajstić information content (AvgIpc) is 2.25. The highest BCUT2D eigenvalue weighted by Gasteiger charge is 2.20. The summed E-state index contributed by atoms with van der Waals surface area (Å²) in [5.41, 5.74) is 4.14. The fraction of sp³-hybridized carbons (Fsp3) is 0.562. The average molecular weight is 245 g/mol. The van der Waals surface area contributed by atoms with E-state index < -0.39 is 0 Å². The molecule has 0 bridgehead atoms. The molecule has 2 nitrogen and oxygen atoms in total. The second-order valence-electron chi connectivity index (χ2n) is 6.47. The summed E-state index contributed by atoms with van der Waals surface area (Å²) in [4.78, 5) is 13.5. The van der Waals surface area contributed by atoms with Gasteiger partial charge in [-0.1, -0.05) is 32.9 Å². The maximum Gasteiger partial charge on any atom is 0.223 e. The van der Waals surface area contributed by atoms with Crippen LogP contribution in [-0.2, 0) is 17.6 Å². The minimum atomic E-state index is 0.152. The van der Waals surface area contributed by atoms with Gasteiger partial charge in [-0.05, 0) is 41.9 Å². The van der Waals surface area contributed by atoms with E-state index in [4.69, 9.17) is 0 Å². The maximum atomic E-state index is 11.6. The van der Waals surface area contributed by atoms with Gasteiger partial charge in [-0.3, -0.25) is 4.79 Å². The van der Waals surface area contributed by atoms with Crippen molar-refractivity contribution in [1.29, 1.82) is 0 Å². The monoisotopic (exact) mass is 245 g/mol. The van der Waals surface area contributed by atoms with Crippen LogP contribution in [0, 0.1) is 5.41 Å². The number of carbonyl (C=O) groups is 1. The van der Waals surface area contributed by atoms with Gasteiger partial charge in [0.2, 0.25) is 5.91 Å². The van der Waals surface area contributed by atoms with Crippen LogP contribution in [0.4, 0.5) is 5.69 Å². The van der Waals surface area contributed by atoms with Gasteiger partial charge in [-0.15, -0.1) is 0 Å². The van der Waals surface area contributed by atoms with Crippen LogP contribution in [0.1, 0.15) is 45.2 Å². The van der Waals surface area contributed by atoms with Gasteiger partial charge in [0.25, 0.3) is 0 Å². The molecule has 0 N–H and O–H groups in total. The number of aryl methyl sites for hydroxylation is 1. The standard InChI is InChI=1S/C16H23NO/c1-12(18)17-9-5-6-14-10-13(7-8-15(14)17)11-16(2,3)4/h7-8,10H,5-6,9,11H2,1-4H3. The molecule has 2 heteroatoms. The van der Waals surface area contributed by atoms with Crippen LogP contribution >= 0.6 is 0 Å². The van der Waals surface area contributed by atoms with Gasteiger partial charge in [0.05, 0.1) is 0 Å². The summed E-state index contributed by atoms with van der Waals surface area (Å²) in [5.74, 6) is 0.152. The zero-order valence-electron chi connectivity index (χ0n) is 11.9. The van der Waals surface area contributed by atoms with Crippen molar-refractivity contribution in [3.8, 4) is 0 Å². The SMILES string of the molecule is CC(=O)N1CCCc2cc(CC(C)(C)C)ccc21. The highest BCUT2D eigenvalue weighted by Crippen LogP contribution is 2.30. The van der Waals surface area contributed by atoms with Crippen molar-refractivity contribution in [2.24, 2.45) is 5.41 Å². The zero-order chi connectivity index (χ0) is 13.3. The molecular formula is C16H23NO. The Bertz CT molecular complexity index is 457. The first kappa shape index (κ1) is 13.1. The molecule has 2 rings (SSSR count). The summed E-state index contributed by atoms with van der Waals surface area (Å²) >= 11 is 0. The van der Waals surface area contributed by atoms with Crippen molar-refractivity contribution in [1.82, 2.24) is 0 Å². The highest BCUT2D eigenvalue weighted by molar-refractivity contribution is 5.92. The minimum absolute atomic E-state index is 0.152. The van der Waals surface area contributed by atoms with Crippen molar-refractivity contribution in [2.45, 2.75) is 47.0 Å². The normalized spacial score (nSPS) is 15.4. The number of fused-ring (bicyclic) bond motifs is 1. The molecule has 1 aliphatic rings. The molecule has 1 heterocycles. The molecule has 0 saturated carbocycles. The zero-order valence-corrected chi connectivity index (χ0v) is 11.9. The molecular weight excluding hydrogens is 222 g/mol. The van der Waals surface area contributed by atoms with E-state index in [-0.39, 0.29) is 5.91 Å². The first-order valence-corrected chi connectivity index (χ1v) is 6.77. The van der Waals surface area contributed by atoms with Crippen LogP contribution in [0.3, 0.4) is 0 Å². The number of nitrogens with zero attached hydrogens (tertiary/aromatic N) is 1. The van der Waals surface area contributed by atoms with Crippen molar-refractivity contribution in [3.05, 3.63) is 29.3 Å². The van der Waals surface area contributed by atoms with E-state index in [1.807, 2.05) is 4.90 Å². The van der Waals surface area contributed by atoms with Crippen LogP contribution in [0.15, 0.2) is 18.2 Å². The number of amides is 1. The largest absolute Gasteiger partial charge is 0.312 e. The number of rotatable bonds is 1. The third-order valence-corrected chi connectivity index (χ3v) is 3.38. The molecule has 98 valence electrons. The van der Waals surface area contributed by atoms with Crippen LogP contribution in [0.2, 0.25) is 0 Å². The Kier molecular flexibility index (Phi) is 3.47. The van der Waals surface area contributed by atoms with E-state index in [1.165, 1.54) is 11.1 Å². The molecule has 0 saturated heterocycles. The molecule has 18 heavy (non-hydrogen) atoms. The third-order valence-electron chi connectivity index (χ3n) is 3.38. The third kappa shape index (κ3) is 2.92. The quantitative estimate of drug-likeness (QED) is 0.740. The molecule has 0 fully saturated rings. The molecule has 0 radical (unpaired) electrons. The molecule has 1 aromatic rings. The lowest BCUT2D eigenvalue weighted by molar-refractivity contribution is -0.116. The Morgan fingerprint density at radius 2 is 2.06 bits per heavy atom. The van der Waals surface area contributed by atoms with Crippen molar-refractivity contribution < 1.29 is 4.79 Å². The fourth-order valence-electron chi connectivity index (χ4n) is 2.70. The fourth-order valence-corrected chi connectivity index (χ4v) is 2.70. The van der Waals surface area contributed by atoms with Gasteiger partial charge in [0.15, 0.2) is 0 Å². The molecule has 0 aliphatic carbocycles. The van der Waals surface area contributed by atoms with Crippen molar-refractivity contribution >= 4 is 11.6 Å². The topological polar surface area (TPSA) is 20.3 Å². The first-order valence-electron chi connectivity index (χ1n) is 6.77. The number of hydrogen-bond acceptors (Lipinski definition) is 1. The number of carbonyl (C=O) groups excluding carboxylic acids is 1. The van der Waals surface area contributed by atoms with E-state index in [9.17, 15) is 4.79 Å². The predicted octanol–water partition coefficient (Wildman–Crippen LogP) is 3.57. The van der Waals surface area contributed by atoms with Crippen LogP contribution < -0.4 is 4.90 Å². The molecule has 1 aliphatic heterocycles.